The molecule has 1 aromatic carbocycles. The van der Waals surface area contributed by atoms with E-state index in [-0.39, 0.29) is 6.67 Å². The summed E-state index contributed by atoms with van der Waals surface area (Å²) in [6.07, 6.45) is 0.436. The van der Waals surface area contributed by atoms with Crippen LogP contribution in [0.15, 0.2) is 24.3 Å². The van der Waals surface area contributed by atoms with Crippen molar-refractivity contribution in [1.82, 2.24) is 5.32 Å². The molecule has 0 aliphatic heterocycles. The molecule has 0 amide bonds. The third kappa shape index (κ3) is 5.65. The maximum Gasteiger partial charge on any atom is 0.123 e. The van der Waals surface area contributed by atoms with Gasteiger partial charge in [0, 0.05) is 32.2 Å². The summed E-state index contributed by atoms with van der Waals surface area (Å²) in [5.74, 6) is 0.825. The number of nitrogens with one attached hydrogen (secondary N) is 1. The van der Waals surface area contributed by atoms with Crippen LogP contribution >= 0.6 is 0 Å². The number of benzene rings is 1. The molecule has 1 N–H and O–H groups in total. The number of rotatable bonds is 9. The van der Waals surface area contributed by atoms with E-state index < -0.39 is 0 Å². The Hall–Kier alpha value is -1.13. The van der Waals surface area contributed by atoms with E-state index in [4.69, 9.17) is 9.47 Å². The minimum absolute atomic E-state index is 0.339. The molecule has 0 fully saturated rings. The van der Waals surface area contributed by atoms with E-state index in [0.717, 1.165) is 24.4 Å². The van der Waals surface area contributed by atoms with Crippen molar-refractivity contribution in [2.24, 2.45) is 0 Å². The Morgan fingerprint density at radius 2 is 2.06 bits per heavy atom. The van der Waals surface area contributed by atoms with Gasteiger partial charge in [0.15, 0.2) is 0 Å². The SMILES string of the molecule is COCCNCc1ccccc1OCCCF. The lowest BCUT2D eigenvalue weighted by Crippen LogP contribution is -2.19. The van der Waals surface area contributed by atoms with Gasteiger partial charge >= 0.3 is 0 Å². The number of alkyl halides is 1. The van der Waals surface area contributed by atoms with E-state index in [0.29, 0.717) is 19.6 Å². The van der Waals surface area contributed by atoms with Crippen LogP contribution in [0.4, 0.5) is 4.39 Å². The number of ether oxygens (including phenoxy) is 2. The molecular weight excluding hydrogens is 221 g/mol. The summed E-state index contributed by atoms with van der Waals surface area (Å²) < 4.78 is 22.5. The van der Waals surface area contributed by atoms with Gasteiger partial charge in [-0.3, -0.25) is 4.39 Å². The fourth-order valence-electron chi connectivity index (χ4n) is 1.42. The van der Waals surface area contributed by atoms with Gasteiger partial charge in [-0.2, -0.15) is 0 Å². The molecule has 1 rings (SSSR count). The van der Waals surface area contributed by atoms with Crippen LogP contribution in [0.2, 0.25) is 0 Å². The van der Waals surface area contributed by atoms with Crippen LogP contribution in [-0.2, 0) is 11.3 Å². The first-order valence-corrected chi connectivity index (χ1v) is 5.84. The van der Waals surface area contributed by atoms with Crippen LogP contribution in [0, 0.1) is 0 Å². The normalized spacial score (nSPS) is 10.5. The molecular formula is C13H20FNO2. The van der Waals surface area contributed by atoms with E-state index in [9.17, 15) is 4.39 Å². The van der Waals surface area contributed by atoms with Crippen molar-refractivity contribution < 1.29 is 13.9 Å². The number of halogens is 1. The number of hydrogen-bond donors (Lipinski definition) is 1. The quantitative estimate of drug-likeness (QED) is 0.672. The highest BCUT2D eigenvalue weighted by molar-refractivity contribution is 5.33. The predicted octanol–water partition coefficient (Wildman–Crippen LogP) is 2.16. The third-order valence-electron chi connectivity index (χ3n) is 2.31. The molecule has 0 heterocycles. The Bertz CT molecular complexity index is 307. The average molecular weight is 241 g/mol. The molecule has 0 aliphatic carbocycles. The maximum absolute atomic E-state index is 12.0. The van der Waals surface area contributed by atoms with E-state index >= 15 is 0 Å². The molecule has 0 aromatic heterocycles. The van der Waals surface area contributed by atoms with Gasteiger partial charge in [0.2, 0.25) is 0 Å². The fraction of sp³-hybridized carbons (Fsp3) is 0.538. The van der Waals surface area contributed by atoms with E-state index in [2.05, 4.69) is 5.32 Å². The Labute approximate surface area is 102 Å². The molecule has 0 saturated heterocycles. The van der Waals surface area contributed by atoms with Gasteiger partial charge in [0.1, 0.15) is 5.75 Å². The van der Waals surface area contributed by atoms with E-state index in [1.165, 1.54) is 0 Å². The van der Waals surface area contributed by atoms with Crippen LogP contribution in [0.3, 0.4) is 0 Å². The highest BCUT2D eigenvalue weighted by Gasteiger charge is 2.02. The minimum Gasteiger partial charge on any atom is -0.493 e. The van der Waals surface area contributed by atoms with Gasteiger partial charge in [-0.15, -0.1) is 0 Å². The lowest BCUT2D eigenvalue weighted by atomic mass is 10.2. The van der Waals surface area contributed by atoms with Crippen LogP contribution < -0.4 is 10.1 Å². The molecule has 1 aromatic rings. The molecule has 0 unspecified atom stereocenters. The predicted molar refractivity (Wildman–Crippen MR) is 66.1 cm³/mol. The highest BCUT2D eigenvalue weighted by Crippen LogP contribution is 2.17. The van der Waals surface area contributed by atoms with Crippen molar-refractivity contribution in [3.05, 3.63) is 29.8 Å². The summed E-state index contributed by atoms with van der Waals surface area (Å²) in [6.45, 7) is 2.30. The number of methoxy groups -OCH3 is 1. The topological polar surface area (TPSA) is 30.5 Å². The summed E-state index contributed by atoms with van der Waals surface area (Å²) in [7, 11) is 1.68. The zero-order valence-electron chi connectivity index (χ0n) is 10.2. The number of hydrogen-bond acceptors (Lipinski definition) is 3. The maximum atomic E-state index is 12.0. The van der Waals surface area contributed by atoms with Crippen molar-refractivity contribution in [3.8, 4) is 5.75 Å². The monoisotopic (exact) mass is 241 g/mol. The van der Waals surface area contributed by atoms with Crippen molar-refractivity contribution in [2.45, 2.75) is 13.0 Å². The summed E-state index contributed by atoms with van der Waals surface area (Å²) >= 11 is 0. The van der Waals surface area contributed by atoms with Crippen molar-refractivity contribution >= 4 is 0 Å². The van der Waals surface area contributed by atoms with Gasteiger partial charge in [-0.25, -0.2) is 0 Å². The molecule has 0 bridgehead atoms. The molecule has 0 atom stereocenters. The Kier molecular flexibility index (Phi) is 7.34. The van der Waals surface area contributed by atoms with E-state index in [1.807, 2.05) is 24.3 Å². The second kappa shape index (κ2) is 8.96. The minimum atomic E-state index is -0.339. The molecule has 0 saturated carbocycles. The van der Waals surface area contributed by atoms with Gasteiger partial charge < -0.3 is 14.8 Å². The zero-order chi connectivity index (χ0) is 12.3. The Morgan fingerprint density at radius 1 is 1.24 bits per heavy atom. The van der Waals surface area contributed by atoms with Crippen LogP contribution in [0.1, 0.15) is 12.0 Å². The summed E-state index contributed by atoms with van der Waals surface area (Å²) in [5, 5.41) is 3.25. The first-order valence-electron chi connectivity index (χ1n) is 5.84. The molecule has 0 radical (unpaired) electrons. The van der Waals surface area contributed by atoms with E-state index in [1.54, 1.807) is 7.11 Å². The Balaban J connectivity index is 2.40. The molecule has 4 heteroatoms. The van der Waals surface area contributed by atoms with Gasteiger partial charge in [-0.1, -0.05) is 18.2 Å². The Morgan fingerprint density at radius 3 is 2.82 bits per heavy atom. The van der Waals surface area contributed by atoms with Crippen molar-refractivity contribution in [1.29, 1.82) is 0 Å². The fourth-order valence-corrected chi connectivity index (χ4v) is 1.42. The third-order valence-corrected chi connectivity index (χ3v) is 2.31. The smallest absolute Gasteiger partial charge is 0.123 e. The van der Waals surface area contributed by atoms with Crippen LogP contribution in [0.5, 0.6) is 5.75 Å². The van der Waals surface area contributed by atoms with Gasteiger partial charge in [0.05, 0.1) is 19.9 Å². The zero-order valence-corrected chi connectivity index (χ0v) is 10.2. The summed E-state index contributed by atoms with van der Waals surface area (Å²) in [6, 6.07) is 7.80. The highest BCUT2D eigenvalue weighted by atomic mass is 19.1. The first-order chi connectivity index (χ1) is 8.38. The molecule has 3 nitrogen and oxygen atoms in total. The molecule has 0 spiro atoms. The lowest BCUT2D eigenvalue weighted by molar-refractivity contribution is 0.199. The summed E-state index contributed by atoms with van der Waals surface area (Å²) in [4.78, 5) is 0. The van der Waals surface area contributed by atoms with Crippen LogP contribution in [0.25, 0.3) is 0 Å². The van der Waals surface area contributed by atoms with Crippen molar-refractivity contribution in [3.63, 3.8) is 0 Å². The second-order valence-corrected chi connectivity index (χ2v) is 3.67. The second-order valence-electron chi connectivity index (χ2n) is 3.67. The standard InChI is InChI=1S/C13H20FNO2/c1-16-10-8-15-11-12-5-2-3-6-13(12)17-9-4-7-14/h2-3,5-6,15H,4,7-11H2,1H3. The molecule has 0 aliphatic rings. The first kappa shape index (κ1) is 13.9. The number of para-hydroxylation sites is 1. The average Bonchev–Trinajstić information content (AvgIpc) is 2.36. The molecule has 96 valence electrons. The molecule has 17 heavy (non-hydrogen) atoms. The largest absolute Gasteiger partial charge is 0.493 e. The van der Waals surface area contributed by atoms with Crippen LogP contribution in [-0.4, -0.2) is 33.5 Å². The lowest BCUT2D eigenvalue weighted by Gasteiger charge is -2.11. The van der Waals surface area contributed by atoms with Crippen molar-refractivity contribution in [2.75, 3.05) is 33.5 Å². The van der Waals surface area contributed by atoms with Gasteiger partial charge in [0.25, 0.3) is 0 Å². The van der Waals surface area contributed by atoms with Gasteiger partial charge in [-0.05, 0) is 6.07 Å². The summed E-state index contributed by atoms with van der Waals surface area (Å²) in [5.41, 5.74) is 1.09.